The number of carbonyl (C=O) groups is 1. The lowest BCUT2D eigenvalue weighted by atomic mass is 10.00. The quantitative estimate of drug-likeness (QED) is 0.713. The number of ether oxygens (including phenoxy) is 1. The maximum Gasteiger partial charge on any atom is 0.221 e. The molecule has 148 valence electrons. The van der Waals surface area contributed by atoms with Crippen LogP contribution in [0.25, 0.3) is 5.69 Å². The normalized spacial score (nSPS) is 15.0. The number of methoxy groups -OCH3 is 1. The minimum atomic E-state index is -0.673. The van der Waals surface area contributed by atoms with Gasteiger partial charge in [-0.2, -0.15) is 0 Å². The van der Waals surface area contributed by atoms with Gasteiger partial charge in [0.05, 0.1) is 18.5 Å². The van der Waals surface area contributed by atoms with Crippen LogP contribution >= 0.6 is 11.6 Å². The number of halogens is 1. The third kappa shape index (κ3) is 3.49. The minimum absolute atomic E-state index is 0.120. The molecular weight excluding hydrogens is 390 g/mol. The van der Waals surface area contributed by atoms with Crippen LogP contribution in [-0.4, -0.2) is 33.5 Å². The van der Waals surface area contributed by atoms with Crippen LogP contribution in [0.1, 0.15) is 42.3 Å². The van der Waals surface area contributed by atoms with E-state index in [1.807, 2.05) is 54.0 Å². The van der Waals surface area contributed by atoms with Crippen molar-refractivity contribution >= 4 is 23.2 Å². The predicted molar refractivity (Wildman–Crippen MR) is 111 cm³/mol. The van der Waals surface area contributed by atoms with Crippen LogP contribution in [0.4, 0.5) is 0 Å². The van der Waals surface area contributed by atoms with Crippen molar-refractivity contribution in [3.63, 3.8) is 0 Å². The van der Waals surface area contributed by atoms with Gasteiger partial charge in [-0.05, 0) is 37.3 Å². The second-order valence-electron chi connectivity index (χ2n) is 6.63. The van der Waals surface area contributed by atoms with Crippen LogP contribution < -0.4 is 10.1 Å². The summed E-state index contributed by atoms with van der Waals surface area (Å²) in [6.07, 6.45) is -0.330. The van der Waals surface area contributed by atoms with Gasteiger partial charge in [-0.25, -0.2) is 0 Å². The third-order valence-electron chi connectivity index (χ3n) is 4.79. The summed E-state index contributed by atoms with van der Waals surface area (Å²) < 4.78 is 7.36. The number of carbonyl (C=O) groups excluding carboxylic acids is 1. The molecule has 1 aromatic heterocycles. The van der Waals surface area contributed by atoms with Crippen molar-refractivity contribution < 1.29 is 9.53 Å². The molecule has 1 amide bonds. The van der Waals surface area contributed by atoms with Crippen molar-refractivity contribution in [1.82, 2.24) is 20.1 Å². The summed E-state index contributed by atoms with van der Waals surface area (Å²) in [6, 6.07) is 13.2. The topological polar surface area (TPSA) is 81.4 Å². The summed E-state index contributed by atoms with van der Waals surface area (Å²) in [4.78, 5) is 17.1. The van der Waals surface area contributed by atoms with E-state index in [1.54, 1.807) is 14.0 Å². The van der Waals surface area contributed by atoms with E-state index in [0.29, 0.717) is 34.6 Å². The van der Waals surface area contributed by atoms with Crippen LogP contribution in [-0.2, 0) is 4.79 Å². The Hall–Kier alpha value is -3.19. The third-order valence-corrected chi connectivity index (χ3v) is 5.04. The van der Waals surface area contributed by atoms with E-state index in [2.05, 4.69) is 15.5 Å². The van der Waals surface area contributed by atoms with Crippen molar-refractivity contribution in [2.24, 2.45) is 4.99 Å². The maximum absolute atomic E-state index is 12.2. The average molecular weight is 410 g/mol. The van der Waals surface area contributed by atoms with Crippen molar-refractivity contribution in [3.05, 3.63) is 70.3 Å². The van der Waals surface area contributed by atoms with E-state index in [0.717, 1.165) is 16.8 Å². The number of benzene rings is 2. The molecule has 0 bridgehead atoms. The van der Waals surface area contributed by atoms with E-state index < -0.39 is 6.17 Å². The zero-order valence-corrected chi connectivity index (χ0v) is 17.1. The molecule has 29 heavy (non-hydrogen) atoms. The summed E-state index contributed by atoms with van der Waals surface area (Å²) in [5, 5.41) is 12.1. The Bertz CT molecular complexity index is 1100. The van der Waals surface area contributed by atoms with Crippen molar-refractivity contribution in [2.45, 2.75) is 26.4 Å². The molecular formula is C21H20ClN5O2. The van der Waals surface area contributed by atoms with Crippen LogP contribution in [0.5, 0.6) is 5.75 Å². The summed E-state index contributed by atoms with van der Waals surface area (Å²) in [6.45, 7) is 3.67. The number of nitrogens with zero attached hydrogens (tertiary/aromatic N) is 4. The summed E-state index contributed by atoms with van der Waals surface area (Å²) in [7, 11) is 1.62. The molecule has 0 aliphatic carbocycles. The first-order chi connectivity index (χ1) is 14.0. The van der Waals surface area contributed by atoms with Crippen molar-refractivity contribution in [1.29, 1.82) is 0 Å². The number of aryl methyl sites for hydroxylation is 1. The molecule has 0 fully saturated rings. The Morgan fingerprint density at radius 2 is 1.97 bits per heavy atom. The fraction of sp³-hybridized carbons (Fsp3) is 0.238. The van der Waals surface area contributed by atoms with Gasteiger partial charge < -0.3 is 10.1 Å². The van der Waals surface area contributed by atoms with Gasteiger partial charge in [-0.15, -0.1) is 10.2 Å². The first-order valence-corrected chi connectivity index (χ1v) is 9.63. The highest BCUT2D eigenvalue weighted by molar-refractivity contribution is 6.30. The average Bonchev–Trinajstić information content (AvgIpc) is 3.06. The van der Waals surface area contributed by atoms with Crippen LogP contribution in [0.15, 0.2) is 47.5 Å². The highest BCUT2D eigenvalue weighted by atomic mass is 35.5. The van der Waals surface area contributed by atoms with E-state index in [9.17, 15) is 4.79 Å². The Morgan fingerprint density at radius 3 is 2.66 bits per heavy atom. The molecule has 1 aliphatic heterocycles. The molecule has 0 radical (unpaired) electrons. The fourth-order valence-corrected chi connectivity index (χ4v) is 3.45. The van der Waals surface area contributed by atoms with E-state index >= 15 is 0 Å². The monoisotopic (exact) mass is 409 g/mol. The number of aliphatic imine (C=N–C) groups is 1. The first kappa shape index (κ1) is 19.1. The largest absolute Gasteiger partial charge is 0.497 e. The van der Waals surface area contributed by atoms with Crippen molar-refractivity contribution in [3.8, 4) is 11.4 Å². The number of hydrogen-bond acceptors (Lipinski definition) is 5. The number of fused-ring (bicyclic) bond motifs is 3. The molecule has 4 rings (SSSR count). The van der Waals surface area contributed by atoms with Gasteiger partial charge in [0, 0.05) is 22.6 Å². The molecule has 0 saturated carbocycles. The van der Waals surface area contributed by atoms with Crippen molar-refractivity contribution in [2.75, 3.05) is 7.11 Å². The summed E-state index contributed by atoms with van der Waals surface area (Å²) in [5.41, 5.74) is 3.30. The lowest BCUT2D eigenvalue weighted by Gasteiger charge is -2.14. The summed E-state index contributed by atoms with van der Waals surface area (Å²) >= 11 is 6.08. The number of aromatic nitrogens is 3. The molecule has 2 aromatic carbocycles. The second kappa shape index (κ2) is 7.67. The molecule has 8 heteroatoms. The van der Waals surface area contributed by atoms with Gasteiger partial charge in [-0.3, -0.25) is 14.4 Å². The number of amides is 1. The molecule has 0 spiro atoms. The van der Waals surface area contributed by atoms with E-state index in [4.69, 9.17) is 21.3 Å². The molecule has 1 N–H and O–H groups in total. The summed E-state index contributed by atoms with van der Waals surface area (Å²) in [5.74, 6) is 1.84. The predicted octanol–water partition coefficient (Wildman–Crippen LogP) is 3.61. The molecule has 1 atom stereocenters. The number of rotatable bonds is 4. The first-order valence-electron chi connectivity index (χ1n) is 9.25. The minimum Gasteiger partial charge on any atom is -0.497 e. The lowest BCUT2D eigenvalue weighted by Crippen LogP contribution is -2.28. The van der Waals surface area contributed by atoms with Gasteiger partial charge in [0.2, 0.25) is 5.91 Å². The van der Waals surface area contributed by atoms with Gasteiger partial charge >= 0.3 is 0 Å². The van der Waals surface area contributed by atoms with Crippen LogP contribution in [0, 0.1) is 6.92 Å². The molecule has 1 aliphatic rings. The zero-order valence-electron chi connectivity index (χ0n) is 16.3. The Labute approximate surface area is 173 Å². The van der Waals surface area contributed by atoms with Gasteiger partial charge in [0.1, 0.15) is 11.6 Å². The highest BCUT2D eigenvalue weighted by Crippen LogP contribution is 2.32. The molecule has 0 unspecified atom stereocenters. The smallest absolute Gasteiger partial charge is 0.221 e. The Kier molecular flexibility index (Phi) is 5.07. The Morgan fingerprint density at radius 1 is 1.21 bits per heavy atom. The standard InChI is InChI=1S/C21H20ClN5O2/c1-4-18(28)23-20-21-26-25-12(2)27(21)17-10-9-15(29-3)11-16(17)19(24-20)13-5-7-14(22)8-6-13/h5-11,20H,4H2,1-3H3,(H,23,28)/t20-/m1/s1. The van der Waals surface area contributed by atoms with E-state index in [-0.39, 0.29) is 5.91 Å². The van der Waals surface area contributed by atoms with Crippen LogP contribution in [0.3, 0.4) is 0 Å². The molecule has 3 aromatic rings. The van der Waals surface area contributed by atoms with Gasteiger partial charge in [0.15, 0.2) is 12.0 Å². The second-order valence-corrected chi connectivity index (χ2v) is 7.07. The zero-order chi connectivity index (χ0) is 20.5. The number of hydrogen-bond donors (Lipinski definition) is 1. The van der Waals surface area contributed by atoms with Crippen LogP contribution in [0.2, 0.25) is 5.02 Å². The fourth-order valence-electron chi connectivity index (χ4n) is 3.33. The lowest BCUT2D eigenvalue weighted by molar-refractivity contribution is -0.121. The highest BCUT2D eigenvalue weighted by Gasteiger charge is 2.29. The maximum atomic E-state index is 12.2. The molecule has 0 saturated heterocycles. The molecule has 7 nitrogen and oxygen atoms in total. The SMILES string of the molecule is CCC(=O)N[C@@H]1N=C(c2ccc(Cl)cc2)c2cc(OC)ccc2-n2c(C)nnc21. The van der Waals surface area contributed by atoms with E-state index in [1.165, 1.54) is 0 Å². The molecule has 2 heterocycles. The Balaban J connectivity index is 1.99. The number of nitrogens with one attached hydrogen (secondary N) is 1. The van der Waals surface area contributed by atoms with Gasteiger partial charge in [-0.1, -0.05) is 30.7 Å². The van der Waals surface area contributed by atoms with Gasteiger partial charge in [0.25, 0.3) is 0 Å².